The van der Waals surface area contributed by atoms with Gasteiger partial charge in [-0.3, -0.25) is 13.9 Å². The summed E-state index contributed by atoms with van der Waals surface area (Å²) in [7, 11) is -4.27. The zero-order chi connectivity index (χ0) is 29.4. The van der Waals surface area contributed by atoms with E-state index in [0.717, 1.165) is 26.5 Å². The van der Waals surface area contributed by atoms with Crippen LogP contribution >= 0.6 is 15.9 Å². The number of ether oxygens (including phenoxy) is 1. The third-order valence-electron chi connectivity index (χ3n) is 5.96. The van der Waals surface area contributed by atoms with Crippen molar-refractivity contribution in [2.45, 2.75) is 51.2 Å². The van der Waals surface area contributed by atoms with Crippen molar-refractivity contribution < 1.29 is 27.1 Å². The molecule has 0 aliphatic carbocycles. The van der Waals surface area contributed by atoms with Gasteiger partial charge in [-0.05, 0) is 93.9 Å². The van der Waals surface area contributed by atoms with Crippen LogP contribution in [0.1, 0.15) is 33.3 Å². The molecule has 0 saturated carbocycles. The molecule has 214 valence electrons. The molecule has 11 heteroatoms. The Morgan fingerprint density at radius 2 is 1.65 bits per heavy atom. The van der Waals surface area contributed by atoms with E-state index >= 15 is 0 Å². The molecular weight excluding hydrogens is 601 g/mol. The van der Waals surface area contributed by atoms with Crippen LogP contribution < -0.4 is 14.4 Å². The number of hydrogen-bond acceptors (Lipinski definition) is 5. The molecule has 0 aliphatic rings. The zero-order valence-corrected chi connectivity index (χ0v) is 25.2. The molecule has 40 heavy (non-hydrogen) atoms. The monoisotopic (exact) mass is 633 g/mol. The smallest absolute Gasteiger partial charge is 0.264 e. The summed E-state index contributed by atoms with van der Waals surface area (Å²) >= 11 is 3.42. The number of anilines is 1. The number of carbonyl (C=O) groups is 2. The summed E-state index contributed by atoms with van der Waals surface area (Å²) in [5.74, 6) is -1.04. The molecule has 3 rings (SSSR count). The predicted molar refractivity (Wildman–Crippen MR) is 156 cm³/mol. The van der Waals surface area contributed by atoms with E-state index in [1.807, 2.05) is 45.0 Å². The van der Waals surface area contributed by atoms with Gasteiger partial charge in [-0.15, -0.1) is 0 Å². The Morgan fingerprint density at radius 1 is 1.00 bits per heavy atom. The molecule has 8 nitrogen and oxygen atoms in total. The van der Waals surface area contributed by atoms with Gasteiger partial charge in [0.25, 0.3) is 10.0 Å². The van der Waals surface area contributed by atoms with Crippen LogP contribution in [0.2, 0.25) is 0 Å². The molecule has 2 amide bonds. The maximum atomic E-state index is 13.9. The maximum absolute atomic E-state index is 13.9. The molecule has 0 aromatic heterocycles. The van der Waals surface area contributed by atoms with Crippen molar-refractivity contribution in [3.8, 4) is 5.75 Å². The lowest BCUT2D eigenvalue weighted by molar-refractivity contribution is -0.139. The molecule has 0 unspecified atom stereocenters. The highest BCUT2D eigenvalue weighted by Gasteiger charge is 2.32. The third kappa shape index (κ3) is 8.04. The summed E-state index contributed by atoms with van der Waals surface area (Å²) in [6.07, 6.45) is 0. The lowest BCUT2D eigenvalue weighted by atomic mass is 10.1. The fourth-order valence-corrected chi connectivity index (χ4v) is 5.82. The van der Waals surface area contributed by atoms with E-state index in [2.05, 4.69) is 21.2 Å². The van der Waals surface area contributed by atoms with Gasteiger partial charge in [-0.25, -0.2) is 12.8 Å². The minimum atomic E-state index is -4.27. The summed E-state index contributed by atoms with van der Waals surface area (Å²) in [6.45, 7) is 6.89. The molecule has 0 bridgehead atoms. The molecule has 3 aromatic rings. The van der Waals surface area contributed by atoms with Crippen LogP contribution in [-0.2, 0) is 26.2 Å². The van der Waals surface area contributed by atoms with E-state index in [-0.39, 0.29) is 29.1 Å². The largest absolute Gasteiger partial charge is 0.494 e. The van der Waals surface area contributed by atoms with Crippen molar-refractivity contribution >= 4 is 43.5 Å². The van der Waals surface area contributed by atoms with Crippen LogP contribution in [0, 0.1) is 5.82 Å². The van der Waals surface area contributed by atoms with Crippen LogP contribution in [-0.4, -0.2) is 50.4 Å². The number of carbonyl (C=O) groups excluding carboxylic acids is 2. The Morgan fingerprint density at radius 3 is 2.23 bits per heavy atom. The normalized spacial score (nSPS) is 12.1. The summed E-state index contributed by atoms with van der Waals surface area (Å²) in [5.41, 5.74) is 0.847. The fourth-order valence-electron chi connectivity index (χ4n) is 3.96. The van der Waals surface area contributed by atoms with Gasteiger partial charge >= 0.3 is 0 Å². The van der Waals surface area contributed by atoms with Crippen molar-refractivity contribution in [1.29, 1.82) is 0 Å². The number of halogens is 2. The van der Waals surface area contributed by atoms with Crippen molar-refractivity contribution in [2.24, 2.45) is 0 Å². The molecule has 0 saturated heterocycles. The predicted octanol–water partition coefficient (Wildman–Crippen LogP) is 5.12. The fraction of sp³-hybridized carbons (Fsp3) is 0.310. The summed E-state index contributed by atoms with van der Waals surface area (Å²) in [5, 5.41) is 2.81. The van der Waals surface area contributed by atoms with Gasteiger partial charge in [0.1, 0.15) is 24.2 Å². The average Bonchev–Trinajstić information content (AvgIpc) is 2.90. The standard InChI is InChI=1S/C29H33BrFN3O5S/c1-5-39-26-13-15-27(16-14-26)40(37,38)34(25-11-9-24(31)10-12-25)19-28(35)33(21(4)29(36)32-20(2)3)18-22-7-6-8-23(30)17-22/h6-17,20-21H,5,18-19H2,1-4H3,(H,32,36)/t21-/m1/s1. The second kappa shape index (κ2) is 13.8. The first kappa shape index (κ1) is 31.1. The average molecular weight is 635 g/mol. The number of nitrogens with one attached hydrogen (secondary N) is 1. The first-order valence-corrected chi connectivity index (χ1v) is 15.0. The molecule has 0 aliphatic heterocycles. The third-order valence-corrected chi connectivity index (χ3v) is 8.24. The first-order chi connectivity index (χ1) is 18.9. The van der Waals surface area contributed by atoms with Crippen molar-refractivity contribution in [2.75, 3.05) is 17.5 Å². The van der Waals surface area contributed by atoms with E-state index in [9.17, 15) is 22.4 Å². The van der Waals surface area contributed by atoms with E-state index in [0.29, 0.717) is 12.4 Å². The number of nitrogens with zero attached hydrogens (tertiary/aromatic N) is 2. The number of amides is 2. The van der Waals surface area contributed by atoms with Crippen LogP contribution in [0.25, 0.3) is 0 Å². The Labute approximate surface area is 243 Å². The zero-order valence-electron chi connectivity index (χ0n) is 22.8. The molecule has 0 radical (unpaired) electrons. The SMILES string of the molecule is CCOc1ccc(S(=O)(=O)N(CC(=O)N(Cc2cccc(Br)c2)[C@H](C)C(=O)NC(C)C)c2ccc(F)cc2)cc1. The lowest BCUT2D eigenvalue weighted by Crippen LogP contribution is -2.52. The molecule has 0 fully saturated rings. The van der Waals surface area contributed by atoms with Crippen LogP contribution in [0.3, 0.4) is 0 Å². The minimum Gasteiger partial charge on any atom is -0.494 e. The maximum Gasteiger partial charge on any atom is 0.264 e. The molecule has 3 aromatic carbocycles. The molecule has 0 heterocycles. The summed E-state index contributed by atoms with van der Waals surface area (Å²) in [6, 6.07) is 16.9. The van der Waals surface area contributed by atoms with Gasteiger partial charge in [-0.1, -0.05) is 28.1 Å². The van der Waals surface area contributed by atoms with Crippen LogP contribution in [0.5, 0.6) is 5.75 Å². The van der Waals surface area contributed by atoms with Crippen molar-refractivity contribution in [3.05, 3.63) is 88.6 Å². The highest BCUT2D eigenvalue weighted by molar-refractivity contribution is 9.10. The van der Waals surface area contributed by atoms with Crippen LogP contribution in [0.4, 0.5) is 10.1 Å². The first-order valence-electron chi connectivity index (χ1n) is 12.8. The van der Waals surface area contributed by atoms with Gasteiger partial charge in [0.2, 0.25) is 11.8 Å². The summed E-state index contributed by atoms with van der Waals surface area (Å²) in [4.78, 5) is 28.1. The van der Waals surface area contributed by atoms with Gasteiger partial charge in [0, 0.05) is 17.1 Å². The Hall–Kier alpha value is -3.44. The summed E-state index contributed by atoms with van der Waals surface area (Å²) < 4.78 is 48.5. The Bertz CT molecular complexity index is 1420. The number of rotatable bonds is 12. The molecule has 1 N–H and O–H groups in total. The second-order valence-electron chi connectivity index (χ2n) is 9.38. The molecular formula is C29H33BrFN3O5S. The van der Waals surface area contributed by atoms with Gasteiger partial charge in [0.05, 0.1) is 17.2 Å². The van der Waals surface area contributed by atoms with E-state index in [1.165, 1.54) is 41.3 Å². The highest BCUT2D eigenvalue weighted by Crippen LogP contribution is 2.26. The van der Waals surface area contributed by atoms with Crippen LogP contribution in [0.15, 0.2) is 82.2 Å². The van der Waals surface area contributed by atoms with Gasteiger partial charge in [-0.2, -0.15) is 0 Å². The minimum absolute atomic E-state index is 0.0608. The quantitative estimate of drug-likeness (QED) is 0.299. The topological polar surface area (TPSA) is 96.0 Å². The number of sulfonamides is 1. The van der Waals surface area contributed by atoms with Gasteiger partial charge < -0.3 is 15.0 Å². The Balaban J connectivity index is 2.02. The Kier molecular flexibility index (Phi) is 10.7. The van der Waals surface area contributed by atoms with Crippen molar-refractivity contribution in [3.63, 3.8) is 0 Å². The lowest BCUT2D eigenvalue weighted by Gasteiger charge is -2.32. The molecule has 0 spiro atoms. The van der Waals surface area contributed by atoms with Crippen molar-refractivity contribution in [1.82, 2.24) is 10.2 Å². The number of benzene rings is 3. The van der Waals surface area contributed by atoms with E-state index in [4.69, 9.17) is 4.74 Å². The number of hydrogen-bond donors (Lipinski definition) is 1. The van der Waals surface area contributed by atoms with E-state index < -0.39 is 34.3 Å². The molecule has 1 atom stereocenters. The highest BCUT2D eigenvalue weighted by atomic mass is 79.9. The second-order valence-corrected chi connectivity index (χ2v) is 12.2. The van der Waals surface area contributed by atoms with Gasteiger partial charge in [0.15, 0.2) is 0 Å². The van der Waals surface area contributed by atoms with E-state index in [1.54, 1.807) is 6.92 Å².